The Morgan fingerprint density at radius 3 is 2.69 bits per heavy atom. The Morgan fingerprint density at radius 2 is 2.00 bits per heavy atom. The Labute approximate surface area is 78.2 Å². The fourth-order valence-electron chi connectivity index (χ4n) is 1.68. The van der Waals surface area contributed by atoms with Gasteiger partial charge in [-0.15, -0.1) is 0 Å². The summed E-state index contributed by atoms with van der Waals surface area (Å²) in [7, 11) is 0. The van der Waals surface area contributed by atoms with Crippen molar-refractivity contribution in [3.63, 3.8) is 0 Å². The van der Waals surface area contributed by atoms with Gasteiger partial charge in [-0.2, -0.15) is 0 Å². The molecule has 1 aliphatic rings. The van der Waals surface area contributed by atoms with E-state index in [2.05, 4.69) is 0 Å². The van der Waals surface area contributed by atoms with Crippen molar-refractivity contribution in [1.29, 1.82) is 0 Å². The number of aliphatic hydroxyl groups excluding tert-OH is 1. The molecule has 1 fully saturated rings. The summed E-state index contributed by atoms with van der Waals surface area (Å²) in [6, 6.07) is 10.1. The lowest BCUT2D eigenvalue weighted by Crippen LogP contribution is -2.23. The molecule has 70 valence electrons. The van der Waals surface area contributed by atoms with Crippen molar-refractivity contribution in [2.45, 2.75) is 25.0 Å². The van der Waals surface area contributed by atoms with Crippen molar-refractivity contribution in [2.24, 2.45) is 0 Å². The van der Waals surface area contributed by atoms with Crippen molar-refractivity contribution < 1.29 is 9.84 Å². The third-order valence-electron chi connectivity index (χ3n) is 2.43. The molecule has 0 bridgehead atoms. The van der Waals surface area contributed by atoms with Crippen LogP contribution in [-0.4, -0.2) is 17.8 Å². The molecule has 0 spiro atoms. The molecule has 2 nitrogen and oxygen atoms in total. The number of hydrogen-bond donors (Lipinski definition) is 1. The number of ether oxygens (including phenoxy) is 1. The van der Waals surface area contributed by atoms with Gasteiger partial charge < -0.3 is 9.84 Å². The fraction of sp³-hybridized carbons (Fsp3) is 0.455. The molecule has 0 radical (unpaired) electrons. The molecule has 0 unspecified atom stereocenters. The van der Waals surface area contributed by atoms with Gasteiger partial charge in [-0.25, -0.2) is 0 Å². The van der Waals surface area contributed by atoms with Gasteiger partial charge in [0.2, 0.25) is 0 Å². The van der Waals surface area contributed by atoms with Crippen molar-refractivity contribution >= 4 is 0 Å². The van der Waals surface area contributed by atoms with E-state index in [1.54, 1.807) is 0 Å². The summed E-state index contributed by atoms with van der Waals surface area (Å²) in [5.74, 6) is 0. The molecule has 0 amide bonds. The molecule has 2 rings (SSSR count). The lowest BCUT2D eigenvalue weighted by atomic mass is 10.00. The van der Waals surface area contributed by atoms with Crippen LogP contribution >= 0.6 is 0 Å². The summed E-state index contributed by atoms with van der Waals surface area (Å²) in [6.45, 7) is 0.667. The maximum absolute atomic E-state index is 9.46. The Hall–Kier alpha value is -0.860. The van der Waals surface area contributed by atoms with Gasteiger partial charge in [0, 0.05) is 13.0 Å². The lowest BCUT2D eigenvalue weighted by Gasteiger charge is -2.26. The third kappa shape index (κ3) is 2.08. The smallest absolute Gasteiger partial charge is 0.0849 e. The first-order valence-corrected chi connectivity index (χ1v) is 4.71. The molecular formula is C11H14O2. The van der Waals surface area contributed by atoms with Crippen LogP contribution in [0.4, 0.5) is 0 Å². The molecule has 0 aliphatic carbocycles. The second kappa shape index (κ2) is 3.90. The first-order chi connectivity index (χ1) is 6.36. The van der Waals surface area contributed by atoms with Gasteiger partial charge in [-0.05, 0) is 12.0 Å². The van der Waals surface area contributed by atoms with Crippen molar-refractivity contribution in [3.8, 4) is 0 Å². The highest BCUT2D eigenvalue weighted by Gasteiger charge is 2.21. The number of rotatable bonds is 1. The molecule has 0 saturated carbocycles. The number of benzene rings is 1. The predicted octanol–water partition coefficient (Wildman–Crippen LogP) is 1.90. The molecule has 2 heteroatoms. The summed E-state index contributed by atoms with van der Waals surface area (Å²) < 4.78 is 5.57. The zero-order valence-electron chi connectivity index (χ0n) is 7.52. The second-order valence-electron chi connectivity index (χ2n) is 3.45. The van der Waals surface area contributed by atoms with E-state index < -0.39 is 0 Å². The fourth-order valence-corrected chi connectivity index (χ4v) is 1.68. The van der Waals surface area contributed by atoms with Gasteiger partial charge in [0.25, 0.3) is 0 Å². The highest BCUT2D eigenvalue weighted by Crippen LogP contribution is 2.27. The molecule has 1 saturated heterocycles. The molecular weight excluding hydrogens is 164 g/mol. The van der Waals surface area contributed by atoms with Crippen LogP contribution in [0.15, 0.2) is 30.3 Å². The van der Waals surface area contributed by atoms with Crippen LogP contribution in [0.5, 0.6) is 0 Å². The average molecular weight is 178 g/mol. The normalized spacial score (nSPS) is 28.7. The van der Waals surface area contributed by atoms with Gasteiger partial charge in [-0.3, -0.25) is 0 Å². The highest BCUT2D eigenvalue weighted by atomic mass is 16.5. The molecule has 1 N–H and O–H groups in total. The van der Waals surface area contributed by atoms with Gasteiger partial charge in [0.15, 0.2) is 0 Å². The van der Waals surface area contributed by atoms with Crippen LogP contribution in [0, 0.1) is 0 Å². The monoisotopic (exact) mass is 178 g/mol. The number of hydrogen-bond acceptors (Lipinski definition) is 2. The van der Waals surface area contributed by atoms with E-state index in [0.717, 1.165) is 12.8 Å². The van der Waals surface area contributed by atoms with Crippen LogP contribution < -0.4 is 0 Å². The Morgan fingerprint density at radius 1 is 1.23 bits per heavy atom. The van der Waals surface area contributed by atoms with E-state index in [9.17, 15) is 5.11 Å². The lowest BCUT2D eigenvalue weighted by molar-refractivity contribution is -0.0447. The van der Waals surface area contributed by atoms with Crippen LogP contribution in [0.3, 0.4) is 0 Å². The standard InChI is InChI=1S/C11H14O2/c12-10-6-7-13-11(8-10)9-4-2-1-3-5-9/h1-5,10-12H,6-8H2/t10-,11+/m1/s1. The third-order valence-corrected chi connectivity index (χ3v) is 2.43. The molecule has 2 atom stereocenters. The van der Waals surface area contributed by atoms with Crippen LogP contribution in [0.2, 0.25) is 0 Å². The summed E-state index contributed by atoms with van der Waals surface area (Å²) >= 11 is 0. The zero-order chi connectivity index (χ0) is 9.10. The van der Waals surface area contributed by atoms with Crippen LogP contribution in [0.1, 0.15) is 24.5 Å². The highest BCUT2D eigenvalue weighted by molar-refractivity contribution is 5.18. The quantitative estimate of drug-likeness (QED) is 0.711. The molecule has 1 heterocycles. The maximum Gasteiger partial charge on any atom is 0.0849 e. The maximum atomic E-state index is 9.46. The van der Waals surface area contributed by atoms with E-state index in [-0.39, 0.29) is 12.2 Å². The van der Waals surface area contributed by atoms with Gasteiger partial charge in [0.1, 0.15) is 0 Å². The Balaban J connectivity index is 2.08. The molecule has 1 aromatic rings. The zero-order valence-corrected chi connectivity index (χ0v) is 7.52. The largest absolute Gasteiger partial charge is 0.393 e. The molecule has 0 aromatic heterocycles. The topological polar surface area (TPSA) is 29.5 Å². The molecule has 1 aromatic carbocycles. The van der Waals surface area contributed by atoms with E-state index in [1.165, 1.54) is 5.56 Å². The predicted molar refractivity (Wildman–Crippen MR) is 50.4 cm³/mol. The van der Waals surface area contributed by atoms with Crippen LogP contribution in [0.25, 0.3) is 0 Å². The van der Waals surface area contributed by atoms with Crippen molar-refractivity contribution in [3.05, 3.63) is 35.9 Å². The van der Waals surface area contributed by atoms with Crippen molar-refractivity contribution in [2.75, 3.05) is 6.61 Å². The van der Waals surface area contributed by atoms with E-state index in [4.69, 9.17) is 4.74 Å². The minimum absolute atomic E-state index is 0.0879. The Kier molecular flexibility index (Phi) is 2.62. The summed E-state index contributed by atoms with van der Waals surface area (Å²) in [5, 5.41) is 9.46. The van der Waals surface area contributed by atoms with E-state index in [1.807, 2.05) is 30.3 Å². The van der Waals surface area contributed by atoms with Gasteiger partial charge in [0.05, 0.1) is 12.2 Å². The average Bonchev–Trinajstić information content (AvgIpc) is 2.19. The molecule has 13 heavy (non-hydrogen) atoms. The van der Waals surface area contributed by atoms with Crippen LogP contribution in [-0.2, 0) is 4.74 Å². The number of aliphatic hydroxyl groups is 1. The van der Waals surface area contributed by atoms with Crippen molar-refractivity contribution in [1.82, 2.24) is 0 Å². The minimum atomic E-state index is -0.195. The summed E-state index contributed by atoms with van der Waals surface area (Å²) in [4.78, 5) is 0. The SMILES string of the molecule is O[C@@H]1CCO[C@H](c2ccccc2)C1. The first kappa shape index (κ1) is 8.73. The summed E-state index contributed by atoms with van der Waals surface area (Å²) in [6.07, 6.45) is 1.39. The summed E-state index contributed by atoms with van der Waals surface area (Å²) in [5.41, 5.74) is 1.17. The Bertz CT molecular complexity index is 258. The van der Waals surface area contributed by atoms with Gasteiger partial charge in [-0.1, -0.05) is 30.3 Å². The van der Waals surface area contributed by atoms with E-state index in [0.29, 0.717) is 6.61 Å². The molecule has 1 aliphatic heterocycles. The van der Waals surface area contributed by atoms with E-state index >= 15 is 0 Å². The first-order valence-electron chi connectivity index (χ1n) is 4.71. The minimum Gasteiger partial charge on any atom is -0.393 e. The second-order valence-corrected chi connectivity index (χ2v) is 3.45. The van der Waals surface area contributed by atoms with Gasteiger partial charge >= 0.3 is 0 Å².